The number of carbonyl (C=O) groups is 3. The second-order valence-electron chi connectivity index (χ2n) is 6.96. The molecule has 0 spiro atoms. The molecule has 0 atom stereocenters. The molecule has 0 aliphatic carbocycles. The van der Waals surface area contributed by atoms with Gasteiger partial charge >= 0.3 is 0 Å². The topological polar surface area (TPSA) is 88.2 Å². The van der Waals surface area contributed by atoms with Gasteiger partial charge < -0.3 is 14.8 Å². The van der Waals surface area contributed by atoms with E-state index in [0.717, 1.165) is 11.8 Å². The number of anilines is 2. The van der Waals surface area contributed by atoms with Gasteiger partial charge in [0, 0.05) is 18.7 Å². The first-order valence-electron chi connectivity index (χ1n) is 9.53. The van der Waals surface area contributed by atoms with E-state index in [1.165, 1.54) is 24.0 Å². The summed E-state index contributed by atoms with van der Waals surface area (Å²) in [5.74, 6) is -0.148. The number of fused-ring (bicyclic) bond motifs is 1. The summed E-state index contributed by atoms with van der Waals surface area (Å²) in [5, 5.41) is 2.77. The van der Waals surface area contributed by atoms with Crippen LogP contribution in [0.2, 0.25) is 0 Å². The fourth-order valence-electron chi connectivity index (χ4n) is 3.48. The van der Waals surface area contributed by atoms with Gasteiger partial charge in [-0.25, -0.2) is 0 Å². The van der Waals surface area contributed by atoms with Gasteiger partial charge in [0.1, 0.15) is 22.4 Å². The Morgan fingerprint density at radius 3 is 2.50 bits per heavy atom. The number of thioether (sulfide) groups is 1. The molecule has 10 heteroatoms. The highest BCUT2D eigenvalue weighted by Crippen LogP contribution is 2.44. The maximum atomic E-state index is 13.3. The molecule has 0 bridgehead atoms. The zero-order valence-electron chi connectivity index (χ0n) is 17.5. The first-order valence-corrected chi connectivity index (χ1v) is 10.8. The van der Waals surface area contributed by atoms with E-state index in [1.807, 2.05) is 0 Å². The van der Waals surface area contributed by atoms with Crippen molar-refractivity contribution in [3.8, 4) is 11.5 Å². The van der Waals surface area contributed by atoms with Crippen LogP contribution in [0, 0.1) is 0 Å². The van der Waals surface area contributed by atoms with Crippen molar-refractivity contribution in [1.29, 1.82) is 0 Å². The van der Waals surface area contributed by atoms with Gasteiger partial charge in [0.2, 0.25) is 5.91 Å². The predicted molar refractivity (Wildman–Crippen MR) is 127 cm³/mol. The quantitative estimate of drug-likeness (QED) is 0.532. The van der Waals surface area contributed by atoms with E-state index in [0.29, 0.717) is 32.8 Å². The number of para-hydroxylation sites is 1. The van der Waals surface area contributed by atoms with Crippen molar-refractivity contribution in [2.24, 2.45) is 0 Å². The largest absolute Gasteiger partial charge is 0.497 e. The summed E-state index contributed by atoms with van der Waals surface area (Å²) in [6.07, 6.45) is 0. The van der Waals surface area contributed by atoms with Gasteiger partial charge in [0.05, 0.1) is 36.1 Å². The summed E-state index contributed by atoms with van der Waals surface area (Å²) >= 11 is 6.30. The summed E-state index contributed by atoms with van der Waals surface area (Å²) in [6.45, 7) is -0.235. The van der Waals surface area contributed by atoms with Crippen LogP contribution in [0.5, 0.6) is 11.5 Å². The Bertz CT molecular complexity index is 1190. The molecule has 1 saturated heterocycles. The highest BCUT2D eigenvalue weighted by atomic mass is 32.2. The van der Waals surface area contributed by atoms with Gasteiger partial charge in [0.15, 0.2) is 0 Å². The van der Waals surface area contributed by atoms with Crippen LogP contribution in [0.15, 0.2) is 47.4 Å². The van der Waals surface area contributed by atoms with Crippen LogP contribution >= 0.6 is 24.0 Å². The Hall–Kier alpha value is -3.37. The number of thiocarbonyl (C=S) groups is 1. The molecule has 164 valence electrons. The first kappa shape index (κ1) is 21.8. The van der Waals surface area contributed by atoms with Gasteiger partial charge in [-0.05, 0) is 18.2 Å². The Kier molecular flexibility index (Phi) is 5.90. The van der Waals surface area contributed by atoms with Crippen LogP contribution in [-0.4, -0.2) is 54.8 Å². The molecular formula is C22H19N3O5S2. The van der Waals surface area contributed by atoms with Crippen molar-refractivity contribution in [2.45, 2.75) is 0 Å². The number of ether oxygens (including phenoxy) is 2. The van der Waals surface area contributed by atoms with Gasteiger partial charge in [0.25, 0.3) is 11.8 Å². The summed E-state index contributed by atoms with van der Waals surface area (Å²) in [4.78, 5) is 41.8. The number of nitrogens with zero attached hydrogens (tertiary/aromatic N) is 2. The van der Waals surface area contributed by atoms with Gasteiger partial charge in [-0.1, -0.05) is 42.2 Å². The Morgan fingerprint density at radius 2 is 1.84 bits per heavy atom. The molecule has 2 heterocycles. The number of rotatable bonds is 5. The van der Waals surface area contributed by atoms with Crippen molar-refractivity contribution in [1.82, 2.24) is 4.90 Å². The second-order valence-corrected chi connectivity index (χ2v) is 8.60. The number of amides is 3. The summed E-state index contributed by atoms with van der Waals surface area (Å²) in [5.41, 5.74) is 1.87. The van der Waals surface area contributed by atoms with Gasteiger partial charge in [-0.3, -0.25) is 24.2 Å². The third kappa shape index (κ3) is 3.71. The summed E-state index contributed by atoms with van der Waals surface area (Å²) in [6, 6.07) is 12.1. The molecule has 0 aromatic heterocycles. The lowest BCUT2D eigenvalue weighted by Gasteiger charge is -2.18. The number of carbonyl (C=O) groups excluding carboxylic acids is 3. The smallest absolute Gasteiger partial charge is 0.266 e. The van der Waals surface area contributed by atoms with E-state index in [-0.39, 0.29) is 22.9 Å². The van der Waals surface area contributed by atoms with Crippen molar-refractivity contribution in [3.05, 3.63) is 52.9 Å². The average Bonchev–Trinajstić information content (AvgIpc) is 3.21. The molecular weight excluding hydrogens is 450 g/mol. The van der Waals surface area contributed by atoms with Crippen molar-refractivity contribution in [2.75, 3.05) is 38.0 Å². The minimum atomic E-state index is -0.419. The average molecular weight is 470 g/mol. The number of likely N-dealkylation sites (N-methyl/N-ethyl adjacent to an activating group) is 1. The number of methoxy groups -OCH3 is 2. The van der Waals surface area contributed by atoms with Crippen LogP contribution in [0.3, 0.4) is 0 Å². The normalized spacial score (nSPS) is 17.7. The summed E-state index contributed by atoms with van der Waals surface area (Å²) < 4.78 is 10.9. The molecule has 8 nitrogen and oxygen atoms in total. The molecule has 1 N–H and O–H groups in total. The van der Waals surface area contributed by atoms with E-state index in [2.05, 4.69) is 5.32 Å². The monoisotopic (exact) mass is 469 g/mol. The van der Waals surface area contributed by atoms with Crippen molar-refractivity contribution < 1.29 is 23.9 Å². The molecule has 0 unspecified atom stereocenters. The minimum Gasteiger partial charge on any atom is -0.497 e. The van der Waals surface area contributed by atoms with E-state index < -0.39 is 11.8 Å². The minimum absolute atomic E-state index is 0.235. The van der Waals surface area contributed by atoms with E-state index in [9.17, 15) is 14.4 Å². The Labute approximate surface area is 194 Å². The Morgan fingerprint density at radius 1 is 1.09 bits per heavy atom. The lowest BCUT2D eigenvalue weighted by Crippen LogP contribution is -2.35. The van der Waals surface area contributed by atoms with Crippen LogP contribution in [-0.2, 0) is 14.4 Å². The van der Waals surface area contributed by atoms with Gasteiger partial charge in [-0.2, -0.15) is 0 Å². The molecule has 2 aliphatic heterocycles. The lowest BCUT2D eigenvalue weighted by molar-refractivity contribution is -0.121. The highest BCUT2D eigenvalue weighted by Gasteiger charge is 2.41. The standard InChI is InChI=1S/C22H19N3O5S2/c1-24-21(28)19(32-22(24)31)18-13-6-4-5-7-15(13)25(20(18)27)11-17(26)23-14-9-8-12(29-2)10-16(14)30-3/h4-10H,11H2,1-3H3,(H,23,26)/b19-18+. The first-order chi connectivity index (χ1) is 15.3. The van der Waals surface area contributed by atoms with E-state index >= 15 is 0 Å². The zero-order valence-corrected chi connectivity index (χ0v) is 19.1. The predicted octanol–water partition coefficient (Wildman–Crippen LogP) is 2.89. The molecule has 1 fully saturated rings. The van der Waals surface area contributed by atoms with Crippen LogP contribution < -0.4 is 19.7 Å². The number of nitrogens with one attached hydrogen (secondary N) is 1. The zero-order chi connectivity index (χ0) is 23.0. The Balaban J connectivity index is 1.63. The molecule has 0 saturated carbocycles. The van der Waals surface area contributed by atoms with Crippen molar-refractivity contribution >= 4 is 63.0 Å². The molecule has 2 aliphatic rings. The molecule has 32 heavy (non-hydrogen) atoms. The molecule has 2 aromatic carbocycles. The number of hydrogen-bond donors (Lipinski definition) is 1. The van der Waals surface area contributed by atoms with Gasteiger partial charge in [-0.15, -0.1) is 0 Å². The third-order valence-corrected chi connectivity index (χ3v) is 6.65. The van der Waals surface area contributed by atoms with E-state index in [4.69, 9.17) is 21.7 Å². The number of benzene rings is 2. The molecule has 0 radical (unpaired) electrons. The van der Waals surface area contributed by atoms with Crippen LogP contribution in [0.4, 0.5) is 11.4 Å². The molecule has 4 rings (SSSR count). The number of hydrogen-bond acceptors (Lipinski definition) is 7. The fourth-order valence-corrected chi connectivity index (χ4v) is 4.74. The maximum Gasteiger partial charge on any atom is 0.266 e. The molecule has 3 amide bonds. The SMILES string of the molecule is COc1ccc(NC(=O)CN2C(=O)/C(=C3/SC(=S)N(C)C3=O)c3ccccc32)c(OC)c1. The maximum absolute atomic E-state index is 13.3. The fraction of sp³-hybridized carbons (Fsp3) is 0.182. The van der Waals surface area contributed by atoms with Crippen LogP contribution in [0.25, 0.3) is 5.57 Å². The molecule has 2 aromatic rings. The summed E-state index contributed by atoms with van der Waals surface area (Å²) in [7, 11) is 4.60. The van der Waals surface area contributed by atoms with Crippen molar-refractivity contribution in [3.63, 3.8) is 0 Å². The lowest BCUT2D eigenvalue weighted by atomic mass is 10.1. The second kappa shape index (κ2) is 8.64. The van der Waals surface area contributed by atoms with Crippen LogP contribution in [0.1, 0.15) is 5.56 Å². The highest BCUT2D eigenvalue weighted by molar-refractivity contribution is 8.26. The van der Waals surface area contributed by atoms with E-state index in [1.54, 1.807) is 49.5 Å². The third-order valence-electron chi connectivity index (χ3n) is 5.10.